The summed E-state index contributed by atoms with van der Waals surface area (Å²) in [6.07, 6.45) is -2.55. The van der Waals surface area contributed by atoms with E-state index in [1.54, 1.807) is 4.90 Å². The van der Waals surface area contributed by atoms with Crippen molar-refractivity contribution in [2.45, 2.75) is 24.6 Å². The Morgan fingerprint density at radius 1 is 1.04 bits per heavy atom. The maximum atomic E-state index is 12.8. The first-order valence-corrected chi connectivity index (χ1v) is 10.2. The van der Waals surface area contributed by atoms with Crippen molar-refractivity contribution in [1.82, 2.24) is 4.90 Å². The van der Waals surface area contributed by atoms with Gasteiger partial charge >= 0.3 is 12.3 Å². The van der Waals surface area contributed by atoms with Crippen molar-refractivity contribution in [3.05, 3.63) is 42.0 Å². The smallest absolute Gasteiger partial charge is 0.416 e. The third kappa shape index (κ3) is 2.90. The average Bonchev–Trinajstić information content (AvgIpc) is 3.27. The van der Waals surface area contributed by atoms with E-state index >= 15 is 0 Å². The van der Waals surface area contributed by atoms with Crippen molar-refractivity contribution >= 4 is 22.4 Å². The Morgan fingerprint density at radius 3 is 2.36 bits per heavy atom. The Labute approximate surface area is 164 Å². The molecule has 1 aromatic carbocycles. The molecule has 8 heteroatoms. The van der Waals surface area contributed by atoms with Crippen LogP contribution in [0.4, 0.5) is 23.0 Å². The van der Waals surface area contributed by atoms with E-state index in [1.807, 2.05) is 12.1 Å². The van der Waals surface area contributed by atoms with Crippen LogP contribution in [0.25, 0.3) is 10.4 Å². The van der Waals surface area contributed by atoms with Crippen LogP contribution < -0.4 is 4.90 Å². The number of rotatable bonds is 2. The van der Waals surface area contributed by atoms with E-state index in [9.17, 15) is 18.0 Å². The van der Waals surface area contributed by atoms with Gasteiger partial charge in [0.1, 0.15) is 10.6 Å². The van der Waals surface area contributed by atoms with Crippen LogP contribution in [-0.2, 0) is 10.9 Å². The summed E-state index contributed by atoms with van der Waals surface area (Å²) in [5, 5.41) is 0.771. The highest BCUT2D eigenvalue weighted by Gasteiger charge is 2.55. The van der Waals surface area contributed by atoms with Gasteiger partial charge in [0.25, 0.3) is 0 Å². The summed E-state index contributed by atoms with van der Waals surface area (Å²) in [5.74, 6) is 0.404. The number of nitrogens with zero attached hydrogens (tertiary/aromatic N) is 2. The molecule has 1 atom stereocenters. The van der Waals surface area contributed by atoms with Crippen molar-refractivity contribution in [1.29, 1.82) is 0 Å². The lowest BCUT2D eigenvalue weighted by molar-refractivity contribution is -0.137. The van der Waals surface area contributed by atoms with E-state index in [1.165, 1.54) is 23.5 Å². The number of piperidine rings is 3. The van der Waals surface area contributed by atoms with Crippen LogP contribution in [0.2, 0.25) is 0 Å². The summed E-state index contributed by atoms with van der Waals surface area (Å²) in [5.41, 5.74) is -0.388. The molecule has 4 saturated heterocycles. The molecule has 0 N–H and O–H groups in total. The second-order valence-corrected chi connectivity index (χ2v) is 8.84. The number of anilines is 1. The van der Waals surface area contributed by atoms with Crippen LogP contribution in [0.1, 0.15) is 18.4 Å². The first-order valence-electron chi connectivity index (χ1n) is 9.34. The molecule has 4 aliphatic heterocycles. The number of amides is 1. The molecular formula is C20H19F3N2O2S. The summed E-state index contributed by atoms with van der Waals surface area (Å²) in [6, 6.07) is 8.80. The minimum atomic E-state index is -4.35. The Hall–Kier alpha value is -2.06. The van der Waals surface area contributed by atoms with E-state index in [2.05, 4.69) is 4.90 Å². The average molecular weight is 408 g/mol. The number of carbonyl (C=O) groups excluding carboxylic acids is 1. The van der Waals surface area contributed by atoms with Crippen molar-refractivity contribution in [2.24, 2.45) is 5.92 Å². The van der Waals surface area contributed by atoms with Crippen molar-refractivity contribution in [3.63, 3.8) is 0 Å². The lowest BCUT2D eigenvalue weighted by atomic mass is 9.75. The van der Waals surface area contributed by atoms with Crippen LogP contribution in [0.3, 0.4) is 0 Å². The molecule has 0 aliphatic carbocycles. The number of alkyl halides is 3. The van der Waals surface area contributed by atoms with Crippen molar-refractivity contribution in [3.8, 4) is 10.4 Å². The summed E-state index contributed by atoms with van der Waals surface area (Å²) < 4.78 is 44.1. The Bertz CT molecular complexity index is 903. The van der Waals surface area contributed by atoms with Gasteiger partial charge in [-0.25, -0.2) is 4.79 Å². The number of hydrogen-bond donors (Lipinski definition) is 0. The third-order valence-corrected chi connectivity index (χ3v) is 7.27. The summed E-state index contributed by atoms with van der Waals surface area (Å²) in [7, 11) is 0. The van der Waals surface area contributed by atoms with Crippen molar-refractivity contribution < 1.29 is 22.7 Å². The number of benzene rings is 1. The number of halogens is 3. The molecule has 1 spiro atoms. The topological polar surface area (TPSA) is 32.8 Å². The van der Waals surface area contributed by atoms with Gasteiger partial charge in [0.15, 0.2) is 0 Å². The predicted molar refractivity (Wildman–Crippen MR) is 100 cm³/mol. The molecule has 0 saturated carbocycles. The normalized spacial score (nSPS) is 29.5. The maximum absolute atomic E-state index is 12.8. The zero-order valence-electron chi connectivity index (χ0n) is 15.0. The third-order valence-electron chi connectivity index (χ3n) is 6.11. The molecule has 148 valence electrons. The van der Waals surface area contributed by atoms with Crippen LogP contribution in [0, 0.1) is 5.92 Å². The molecular weight excluding hydrogens is 389 g/mol. The second-order valence-electron chi connectivity index (χ2n) is 7.78. The molecule has 4 fully saturated rings. The van der Waals surface area contributed by atoms with E-state index < -0.39 is 17.3 Å². The molecule has 0 radical (unpaired) electrons. The van der Waals surface area contributed by atoms with E-state index in [0.717, 1.165) is 54.5 Å². The van der Waals surface area contributed by atoms with E-state index in [4.69, 9.17) is 4.74 Å². The molecule has 2 aromatic rings. The fourth-order valence-electron chi connectivity index (χ4n) is 4.63. The van der Waals surface area contributed by atoms with Gasteiger partial charge in [-0.2, -0.15) is 13.2 Å². The first-order chi connectivity index (χ1) is 13.3. The number of fused-ring (bicyclic) bond motifs is 2. The highest BCUT2D eigenvalue weighted by Crippen LogP contribution is 2.45. The minimum absolute atomic E-state index is 0.324. The molecule has 6 rings (SSSR count). The SMILES string of the molecule is O=C1OC2(CN3CCC2CC3)CN1c1ccc(-c2ccc(C(F)(F)F)cc2)s1. The van der Waals surface area contributed by atoms with Crippen LogP contribution in [0.5, 0.6) is 0 Å². The van der Waals surface area contributed by atoms with Gasteiger partial charge in [0, 0.05) is 17.3 Å². The standard InChI is InChI=1S/C20H19F3N2O2S/c21-20(22,23)15-3-1-13(2-4-15)16-5-6-17(28-16)25-12-19(27-18(25)26)11-24-9-7-14(19)8-10-24/h1-6,14H,7-12H2. The Morgan fingerprint density at radius 2 is 1.75 bits per heavy atom. The molecule has 5 heterocycles. The maximum Gasteiger partial charge on any atom is 0.416 e. The molecule has 28 heavy (non-hydrogen) atoms. The molecule has 2 bridgehead atoms. The molecule has 1 amide bonds. The summed E-state index contributed by atoms with van der Waals surface area (Å²) >= 11 is 1.40. The van der Waals surface area contributed by atoms with Gasteiger partial charge in [-0.15, -0.1) is 11.3 Å². The van der Waals surface area contributed by atoms with Crippen LogP contribution in [-0.4, -0.2) is 42.8 Å². The zero-order valence-corrected chi connectivity index (χ0v) is 15.9. The summed E-state index contributed by atoms with van der Waals surface area (Å²) in [4.78, 5) is 17.5. The number of hydrogen-bond acceptors (Lipinski definition) is 4. The monoisotopic (exact) mass is 408 g/mol. The van der Waals surface area contributed by atoms with Gasteiger partial charge in [0.05, 0.1) is 12.1 Å². The predicted octanol–water partition coefficient (Wildman–Crippen LogP) is 4.85. The fourth-order valence-corrected chi connectivity index (χ4v) is 5.63. The second kappa shape index (κ2) is 6.22. The van der Waals surface area contributed by atoms with Crippen LogP contribution >= 0.6 is 11.3 Å². The van der Waals surface area contributed by atoms with Gasteiger partial charge in [-0.1, -0.05) is 12.1 Å². The molecule has 1 aromatic heterocycles. The lowest BCUT2D eigenvalue weighted by Gasteiger charge is -2.49. The zero-order chi connectivity index (χ0) is 19.5. The first kappa shape index (κ1) is 18.0. The number of thiophene rings is 1. The van der Waals surface area contributed by atoms with Crippen LogP contribution in [0.15, 0.2) is 36.4 Å². The Kier molecular flexibility index (Phi) is 4.00. The molecule has 1 unspecified atom stereocenters. The van der Waals surface area contributed by atoms with E-state index in [-0.39, 0.29) is 6.09 Å². The minimum Gasteiger partial charge on any atom is -0.439 e. The molecule has 4 aliphatic rings. The highest BCUT2D eigenvalue weighted by atomic mass is 32.1. The molecule has 4 nitrogen and oxygen atoms in total. The lowest BCUT2D eigenvalue weighted by Crippen LogP contribution is -2.61. The quantitative estimate of drug-likeness (QED) is 0.712. The van der Waals surface area contributed by atoms with Crippen molar-refractivity contribution in [2.75, 3.05) is 31.1 Å². The number of carbonyl (C=O) groups is 1. The van der Waals surface area contributed by atoms with Gasteiger partial charge in [-0.3, -0.25) is 9.80 Å². The van der Waals surface area contributed by atoms with Gasteiger partial charge in [0.2, 0.25) is 0 Å². The summed E-state index contributed by atoms with van der Waals surface area (Å²) in [6.45, 7) is 3.47. The fraction of sp³-hybridized carbons (Fsp3) is 0.450. The highest BCUT2D eigenvalue weighted by molar-refractivity contribution is 7.19. The van der Waals surface area contributed by atoms with Gasteiger partial charge in [-0.05, 0) is 55.8 Å². The Balaban J connectivity index is 1.37. The largest absolute Gasteiger partial charge is 0.439 e. The van der Waals surface area contributed by atoms with Gasteiger partial charge < -0.3 is 4.74 Å². The van der Waals surface area contributed by atoms with E-state index in [0.29, 0.717) is 18.0 Å². The number of ether oxygens (including phenoxy) is 1.